The van der Waals surface area contributed by atoms with Gasteiger partial charge in [-0.25, -0.2) is 0 Å². The molecule has 0 saturated heterocycles. The van der Waals surface area contributed by atoms with Crippen LogP contribution in [0.4, 0.5) is 21.9 Å². The van der Waals surface area contributed by atoms with Crippen LogP contribution in [-0.4, -0.2) is 89.2 Å². The molecule has 0 fully saturated rings. The normalized spacial score (nSPS) is 10.5. The number of rotatable bonds is 29. The Morgan fingerprint density at radius 1 is 0.447 bits per heavy atom. The van der Waals surface area contributed by atoms with Crippen molar-refractivity contribution in [2.75, 3.05) is 33.6 Å². The summed E-state index contributed by atoms with van der Waals surface area (Å²) >= 11 is 7.82. The zero-order valence-corrected chi connectivity index (χ0v) is 50.0. The Morgan fingerprint density at radius 2 is 0.859 bits per heavy atom. The van der Waals surface area contributed by atoms with Gasteiger partial charge in [-0.05, 0) is 97.9 Å². The number of alkyl halides is 1. The van der Waals surface area contributed by atoms with Crippen LogP contribution >= 0.6 is 34.3 Å². The Morgan fingerprint density at radius 3 is 1.29 bits per heavy atom. The Balaban J connectivity index is 0.000000244. The predicted molar refractivity (Wildman–Crippen MR) is 329 cm³/mol. The van der Waals surface area contributed by atoms with Gasteiger partial charge in [0.1, 0.15) is 10.0 Å². The molecule has 0 aliphatic carbocycles. The van der Waals surface area contributed by atoms with Crippen LogP contribution in [0.2, 0.25) is 0 Å². The molecule has 0 radical (unpaired) electrons. The minimum atomic E-state index is -0.356. The van der Waals surface area contributed by atoms with E-state index in [1.54, 1.807) is 12.1 Å². The first-order valence-electron chi connectivity index (χ1n) is 28.0. The van der Waals surface area contributed by atoms with Gasteiger partial charge in [-0.1, -0.05) is 169 Å². The number of carbonyl (C=O) groups is 6. The highest BCUT2D eigenvalue weighted by molar-refractivity contribution is 7.15. The molecule has 8 aromatic rings. The standard InChI is InChI=1S/C31H34N6O4S.C26H26N6O2S.C5H9ClO2/c1-2-11-30(40)41-22-37(29(39)21-24-14-7-4-8-15-24)31-36-35-28(42-31)17-10-9-16-25-18-19-26(34-33-25)32-27(38)20-23-12-5-3-6-13-23;33-23(17-19-9-3-1-4-10-19)27-22-16-15-21(29-30-22)13-7-8-14-25-31-32-26(35-25)28-24(34)18-20-11-5-2-6-12-20;1-2-3-5(7)8-4-6/h3-8,12-15,18-19H,2,9-11,16-17,20-22H2,1H3,(H,32,34,38);1-6,9-12,15-16H,7-8,13-14,17-18H2,(H,27,30,33)(H,28,32,34);2-4H2,1H3. The van der Waals surface area contributed by atoms with Crippen LogP contribution in [0.15, 0.2) is 146 Å². The number of unbranched alkanes of at least 4 members (excludes halogenated alkanes) is 2. The minimum absolute atomic E-state index is 0.0289. The molecule has 8 rings (SSSR count). The van der Waals surface area contributed by atoms with Crippen molar-refractivity contribution in [3.63, 3.8) is 0 Å². The second-order valence-electron chi connectivity index (χ2n) is 19.1. The summed E-state index contributed by atoms with van der Waals surface area (Å²) in [5, 5.41) is 44.4. The molecule has 0 spiro atoms. The van der Waals surface area contributed by atoms with Crippen LogP contribution < -0.4 is 20.9 Å². The van der Waals surface area contributed by atoms with E-state index in [1.165, 1.54) is 27.6 Å². The molecule has 4 amide bonds. The number of anilines is 4. The first-order chi connectivity index (χ1) is 41.4. The topological polar surface area (TPSA) is 263 Å². The van der Waals surface area contributed by atoms with Crippen molar-refractivity contribution in [3.05, 3.63) is 189 Å². The number of nitrogens with zero attached hydrogens (tertiary/aromatic N) is 9. The van der Waals surface area contributed by atoms with E-state index in [0.29, 0.717) is 54.0 Å². The molecule has 4 aromatic heterocycles. The Bertz CT molecular complexity index is 3270. The Labute approximate surface area is 507 Å². The van der Waals surface area contributed by atoms with Crippen LogP contribution in [0, 0.1) is 0 Å². The van der Waals surface area contributed by atoms with Crippen molar-refractivity contribution in [1.82, 2.24) is 40.8 Å². The number of halogens is 1. The van der Waals surface area contributed by atoms with Crippen molar-refractivity contribution in [1.29, 1.82) is 0 Å². The van der Waals surface area contributed by atoms with E-state index < -0.39 is 0 Å². The molecule has 23 heteroatoms. The summed E-state index contributed by atoms with van der Waals surface area (Å²) in [7, 11) is 0. The fraction of sp³-hybridized carbons (Fsp3) is 0.323. The quantitative estimate of drug-likeness (QED) is 0.0170. The van der Waals surface area contributed by atoms with Gasteiger partial charge in [0.2, 0.25) is 33.9 Å². The van der Waals surface area contributed by atoms with Gasteiger partial charge in [0.05, 0.1) is 37.1 Å². The molecule has 0 aliphatic heterocycles. The fourth-order valence-electron chi connectivity index (χ4n) is 7.88. The third-order valence-corrected chi connectivity index (χ3v) is 14.1. The lowest BCUT2D eigenvalue weighted by molar-refractivity contribution is -0.144. The second kappa shape index (κ2) is 37.5. The molecule has 0 bridgehead atoms. The first-order valence-corrected chi connectivity index (χ1v) is 30.1. The van der Waals surface area contributed by atoms with Gasteiger partial charge < -0.3 is 25.4 Å². The van der Waals surface area contributed by atoms with E-state index in [-0.39, 0.29) is 67.6 Å². The number of hydrogen-bond donors (Lipinski definition) is 3. The summed E-state index contributed by atoms with van der Waals surface area (Å²) in [5.41, 5.74) is 5.41. The number of nitrogens with one attached hydrogen (secondary N) is 3. The summed E-state index contributed by atoms with van der Waals surface area (Å²) in [6, 6.07) is 45.4. The summed E-state index contributed by atoms with van der Waals surface area (Å²) in [6.45, 7) is 3.61. The zero-order valence-electron chi connectivity index (χ0n) is 47.6. The van der Waals surface area contributed by atoms with Crippen molar-refractivity contribution in [2.45, 2.75) is 117 Å². The molecule has 0 aliphatic rings. The fourth-order valence-corrected chi connectivity index (χ4v) is 9.68. The molecule has 85 heavy (non-hydrogen) atoms. The molecule has 444 valence electrons. The maximum Gasteiger partial charge on any atom is 0.307 e. The SMILES string of the molecule is CCCC(=O)OCCl.CCCC(=O)OCN(C(=O)Cc1ccccc1)c1nnc(CCCCc2ccc(NC(=O)Cc3ccccc3)nn2)s1.O=C(Cc1ccccc1)Nc1ccc(CCCCc2nnc(NC(=O)Cc3ccccc3)s2)nn1. The van der Waals surface area contributed by atoms with Gasteiger partial charge in [0, 0.05) is 25.7 Å². The summed E-state index contributed by atoms with van der Waals surface area (Å²) in [4.78, 5) is 73.3. The molecule has 0 atom stereocenters. The van der Waals surface area contributed by atoms with E-state index in [9.17, 15) is 28.8 Å². The number of aryl methyl sites for hydroxylation is 4. The van der Waals surface area contributed by atoms with Gasteiger partial charge in [-0.15, -0.1) is 30.6 Å². The van der Waals surface area contributed by atoms with Gasteiger partial charge in [-0.3, -0.25) is 33.7 Å². The highest BCUT2D eigenvalue weighted by Crippen LogP contribution is 2.24. The maximum absolute atomic E-state index is 13.1. The van der Waals surface area contributed by atoms with Gasteiger partial charge >= 0.3 is 11.9 Å². The number of aromatic nitrogens is 8. The van der Waals surface area contributed by atoms with E-state index in [0.717, 1.165) is 95.0 Å². The van der Waals surface area contributed by atoms with Gasteiger partial charge in [0.25, 0.3) is 0 Å². The van der Waals surface area contributed by atoms with Crippen LogP contribution in [-0.2, 0) is 89.6 Å². The van der Waals surface area contributed by atoms with Crippen molar-refractivity contribution < 1.29 is 38.2 Å². The van der Waals surface area contributed by atoms with Crippen LogP contribution in [0.1, 0.15) is 109 Å². The average molecular weight is 1210 g/mol. The zero-order chi connectivity index (χ0) is 60.3. The highest BCUT2D eigenvalue weighted by Gasteiger charge is 2.22. The summed E-state index contributed by atoms with van der Waals surface area (Å²) in [5.74, 6) is -0.278. The molecular formula is C62H69ClN12O8S2. The van der Waals surface area contributed by atoms with E-state index in [2.05, 4.69) is 61.5 Å². The van der Waals surface area contributed by atoms with Crippen molar-refractivity contribution in [3.8, 4) is 0 Å². The van der Waals surface area contributed by atoms with Crippen molar-refractivity contribution >= 4 is 91.7 Å². The molecule has 4 aromatic carbocycles. The molecule has 0 unspecified atom stereocenters. The van der Waals surface area contributed by atoms with Crippen LogP contribution in [0.25, 0.3) is 0 Å². The lowest BCUT2D eigenvalue weighted by Crippen LogP contribution is -2.35. The number of hydrogen-bond acceptors (Lipinski definition) is 18. The smallest absolute Gasteiger partial charge is 0.307 e. The molecular weight excluding hydrogens is 1140 g/mol. The van der Waals surface area contributed by atoms with Crippen LogP contribution in [0.3, 0.4) is 0 Å². The molecule has 20 nitrogen and oxygen atoms in total. The third-order valence-electron chi connectivity index (χ3n) is 12.1. The van der Waals surface area contributed by atoms with E-state index >= 15 is 0 Å². The van der Waals surface area contributed by atoms with Crippen LogP contribution in [0.5, 0.6) is 0 Å². The highest BCUT2D eigenvalue weighted by atomic mass is 35.5. The molecule has 4 heterocycles. The number of benzene rings is 4. The average Bonchev–Trinajstić information content (AvgIpc) is 4.42. The minimum Gasteiger partial charge on any atom is -0.449 e. The Hall–Kier alpha value is -8.73. The maximum atomic E-state index is 13.1. The summed E-state index contributed by atoms with van der Waals surface area (Å²) < 4.78 is 9.75. The number of ether oxygens (including phenoxy) is 2. The number of carbonyl (C=O) groups excluding carboxylic acids is 6. The molecule has 0 saturated carbocycles. The van der Waals surface area contributed by atoms with Gasteiger partial charge in [-0.2, -0.15) is 10.2 Å². The lowest BCUT2D eigenvalue weighted by Gasteiger charge is -2.19. The monoisotopic (exact) mass is 1210 g/mol. The first kappa shape index (κ1) is 65.4. The summed E-state index contributed by atoms with van der Waals surface area (Å²) in [6.07, 6.45) is 9.82. The van der Waals surface area contributed by atoms with Crippen molar-refractivity contribution in [2.24, 2.45) is 0 Å². The van der Waals surface area contributed by atoms with E-state index in [4.69, 9.17) is 16.3 Å². The predicted octanol–water partition coefficient (Wildman–Crippen LogP) is 10.7. The molecule has 3 N–H and O–H groups in total. The number of amides is 4. The largest absolute Gasteiger partial charge is 0.449 e. The third kappa shape index (κ3) is 25.8. The lowest BCUT2D eigenvalue weighted by atomic mass is 10.1. The number of esters is 2. The Kier molecular flexibility index (Phi) is 28.8. The second-order valence-corrected chi connectivity index (χ2v) is 21.4. The van der Waals surface area contributed by atoms with E-state index in [1.807, 2.05) is 147 Å². The van der Waals surface area contributed by atoms with Gasteiger partial charge in [0.15, 0.2) is 24.4 Å².